The Bertz CT molecular complexity index is 222. The Labute approximate surface area is 89.1 Å². The molecule has 0 aliphatic rings. The van der Waals surface area contributed by atoms with E-state index < -0.39 is 0 Å². The highest BCUT2D eigenvalue weighted by Crippen LogP contribution is 2.23. The van der Waals surface area contributed by atoms with E-state index >= 15 is 0 Å². The summed E-state index contributed by atoms with van der Waals surface area (Å²) in [6, 6.07) is 10.00. The van der Waals surface area contributed by atoms with E-state index in [9.17, 15) is 0 Å². The van der Waals surface area contributed by atoms with E-state index in [0.29, 0.717) is 6.54 Å². The molecule has 5 heteroatoms. The van der Waals surface area contributed by atoms with Crippen LogP contribution in [0.3, 0.4) is 0 Å². The van der Waals surface area contributed by atoms with Gasteiger partial charge in [0.15, 0.2) is 0 Å². The van der Waals surface area contributed by atoms with E-state index in [1.807, 2.05) is 30.3 Å². The van der Waals surface area contributed by atoms with Gasteiger partial charge in [0.05, 0.1) is 38.4 Å². The lowest BCUT2D eigenvalue weighted by Gasteiger charge is -2.14. The maximum atomic E-state index is 4.13. The SMILES string of the molecule is S[N+](S)(S)Cc1ccccc1.[OH-]. The van der Waals surface area contributed by atoms with Crippen molar-refractivity contribution in [3.63, 3.8) is 0 Å². The zero-order valence-electron chi connectivity index (χ0n) is 6.33. The number of rotatable bonds is 2. The average Bonchev–Trinajstić information content (AvgIpc) is 1.85. The van der Waals surface area contributed by atoms with Gasteiger partial charge < -0.3 is 5.48 Å². The van der Waals surface area contributed by atoms with Crippen LogP contribution in [0.5, 0.6) is 0 Å². The number of thiol groups is 3. The first-order chi connectivity index (χ1) is 5.08. The molecule has 1 N–H and O–H groups in total. The molecular weight excluding hydrogens is 210 g/mol. The lowest BCUT2D eigenvalue weighted by Crippen LogP contribution is -2.12. The second kappa shape index (κ2) is 5.04. The van der Waals surface area contributed by atoms with Gasteiger partial charge >= 0.3 is 0 Å². The van der Waals surface area contributed by atoms with Crippen molar-refractivity contribution in [3.8, 4) is 0 Å². The van der Waals surface area contributed by atoms with E-state index in [1.54, 1.807) is 0 Å². The molecule has 2 nitrogen and oxygen atoms in total. The van der Waals surface area contributed by atoms with Gasteiger partial charge in [-0.25, -0.2) is 0 Å². The van der Waals surface area contributed by atoms with Gasteiger partial charge in [-0.1, -0.05) is 30.3 Å². The largest absolute Gasteiger partial charge is 0.870 e. The molecule has 1 aromatic carbocycles. The monoisotopic (exact) mass is 221 g/mol. The van der Waals surface area contributed by atoms with Gasteiger partial charge in [-0.15, -0.1) is 2.70 Å². The molecule has 0 radical (unpaired) electrons. The summed E-state index contributed by atoms with van der Waals surface area (Å²) in [4.78, 5) is 0. The highest BCUT2D eigenvalue weighted by Gasteiger charge is 2.13. The summed E-state index contributed by atoms with van der Waals surface area (Å²) in [6.07, 6.45) is 0. The van der Waals surface area contributed by atoms with Gasteiger partial charge in [0, 0.05) is 5.56 Å². The van der Waals surface area contributed by atoms with Crippen molar-refractivity contribution in [2.75, 3.05) is 0 Å². The quantitative estimate of drug-likeness (QED) is 0.519. The van der Waals surface area contributed by atoms with Gasteiger partial charge in [0.2, 0.25) is 0 Å². The summed E-state index contributed by atoms with van der Waals surface area (Å²) >= 11 is 12.4. The molecule has 0 saturated heterocycles. The van der Waals surface area contributed by atoms with Crippen LogP contribution in [0.25, 0.3) is 0 Å². The van der Waals surface area contributed by atoms with Gasteiger partial charge in [0.25, 0.3) is 0 Å². The zero-order chi connectivity index (χ0) is 8.32. The molecule has 0 fully saturated rings. The Morgan fingerprint density at radius 1 is 1.00 bits per heavy atom. The molecule has 0 bridgehead atoms. The molecule has 0 heterocycles. The van der Waals surface area contributed by atoms with Crippen LogP contribution in [0, 0.1) is 0 Å². The summed E-state index contributed by atoms with van der Waals surface area (Å²) in [5.41, 5.74) is 1.17. The van der Waals surface area contributed by atoms with Crippen LogP contribution in [-0.4, -0.2) is 8.18 Å². The van der Waals surface area contributed by atoms with Crippen molar-refractivity contribution in [2.45, 2.75) is 6.54 Å². The van der Waals surface area contributed by atoms with E-state index in [4.69, 9.17) is 0 Å². The third-order valence-electron chi connectivity index (χ3n) is 1.24. The zero-order valence-corrected chi connectivity index (χ0v) is 9.01. The molecule has 1 rings (SSSR count). The highest BCUT2D eigenvalue weighted by atomic mass is 32.2. The van der Waals surface area contributed by atoms with Crippen molar-refractivity contribution >= 4 is 38.4 Å². The minimum atomic E-state index is 0. The number of hydrogen-bond donors (Lipinski definition) is 3. The predicted octanol–water partition coefficient (Wildman–Crippen LogP) is 2.36. The second-order valence-corrected chi connectivity index (χ2v) is 5.33. The number of benzene rings is 1. The van der Waals surface area contributed by atoms with E-state index in [0.717, 1.165) is 0 Å². The van der Waals surface area contributed by atoms with Gasteiger partial charge in [-0.05, 0) is 0 Å². The fourth-order valence-electron chi connectivity index (χ4n) is 0.828. The van der Waals surface area contributed by atoms with Crippen LogP contribution >= 0.6 is 38.4 Å². The van der Waals surface area contributed by atoms with Gasteiger partial charge in [0.1, 0.15) is 6.54 Å². The molecule has 0 aliphatic carbocycles. The molecule has 1 aromatic rings. The Balaban J connectivity index is 0.00000121. The normalized spacial score (nSPS) is 10.6. The van der Waals surface area contributed by atoms with Crippen LogP contribution in [0.15, 0.2) is 30.3 Å². The first-order valence-corrected chi connectivity index (χ1v) is 4.38. The van der Waals surface area contributed by atoms with Crippen molar-refractivity contribution < 1.29 is 8.18 Å². The Morgan fingerprint density at radius 2 is 1.50 bits per heavy atom. The smallest absolute Gasteiger partial charge is 0.137 e. The van der Waals surface area contributed by atoms with Crippen LogP contribution in [-0.2, 0) is 6.54 Å². The molecule has 68 valence electrons. The second-order valence-electron chi connectivity index (χ2n) is 2.34. The lowest BCUT2D eigenvalue weighted by atomic mass is 10.2. The summed E-state index contributed by atoms with van der Waals surface area (Å²) in [5.74, 6) is 0. The highest BCUT2D eigenvalue weighted by molar-refractivity contribution is 7.99. The molecule has 0 amide bonds. The summed E-state index contributed by atoms with van der Waals surface area (Å²) in [7, 11) is 0. The van der Waals surface area contributed by atoms with Crippen molar-refractivity contribution in [1.82, 2.24) is 0 Å². The predicted molar refractivity (Wildman–Crippen MR) is 59.3 cm³/mol. The van der Waals surface area contributed by atoms with Crippen molar-refractivity contribution in [2.24, 2.45) is 0 Å². The molecule has 0 unspecified atom stereocenters. The minimum Gasteiger partial charge on any atom is -0.870 e. The van der Waals surface area contributed by atoms with Crippen LogP contribution < -0.4 is 0 Å². The average molecular weight is 221 g/mol. The summed E-state index contributed by atoms with van der Waals surface area (Å²) < 4.78 is 0.0734. The fraction of sp³-hybridized carbons (Fsp3) is 0.143. The minimum absolute atomic E-state index is 0. The number of nitrogens with zero attached hydrogens (tertiary/aromatic N) is 1. The lowest BCUT2D eigenvalue weighted by molar-refractivity contribution is -0.482. The van der Waals surface area contributed by atoms with Crippen molar-refractivity contribution in [1.29, 1.82) is 0 Å². The molecular formula is C7H11NOS3. The molecule has 0 spiro atoms. The standard InChI is InChI=1S/C7H10NS3.H2O/c9-8(10,11)6-7-4-2-1-3-5-7;/h1-5,9-11H,6H2;1H2/q+1;/p-1. The first kappa shape index (κ1) is 12.2. The molecule has 12 heavy (non-hydrogen) atoms. The maximum Gasteiger partial charge on any atom is 0.137 e. The summed E-state index contributed by atoms with van der Waals surface area (Å²) in [6.45, 7) is 0.691. The molecule has 0 aliphatic heterocycles. The third-order valence-corrected chi connectivity index (χ3v) is 1.66. The number of quaternary nitrogens is 1. The summed E-state index contributed by atoms with van der Waals surface area (Å²) in [5, 5.41) is 0. The van der Waals surface area contributed by atoms with Gasteiger partial charge in [-0.3, -0.25) is 0 Å². The Morgan fingerprint density at radius 3 is 1.92 bits per heavy atom. The van der Waals surface area contributed by atoms with Crippen molar-refractivity contribution in [3.05, 3.63) is 35.9 Å². The maximum absolute atomic E-state index is 4.13. The molecule has 0 aromatic heterocycles. The molecule has 0 atom stereocenters. The van der Waals surface area contributed by atoms with E-state index in [1.165, 1.54) is 5.56 Å². The van der Waals surface area contributed by atoms with Crippen LogP contribution in [0.2, 0.25) is 0 Å². The van der Waals surface area contributed by atoms with E-state index in [2.05, 4.69) is 38.4 Å². The van der Waals surface area contributed by atoms with E-state index in [-0.39, 0.29) is 8.18 Å². The molecule has 0 saturated carbocycles. The van der Waals surface area contributed by atoms with Crippen LogP contribution in [0.1, 0.15) is 5.56 Å². The fourth-order valence-corrected chi connectivity index (χ4v) is 1.32. The van der Waals surface area contributed by atoms with Crippen LogP contribution in [0.4, 0.5) is 0 Å². The Hall–Kier alpha value is 0.190. The number of hydrogen-bond acceptors (Lipinski definition) is 4. The first-order valence-electron chi connectivity index (χ1n) is 3.18. The topological polar surface area (TPSA) is 30.0 Å². The third kappa shape index (κ3) is 4.95. The Kier molecular flexibility index (Phi) is 5.12. The van der Waals surface area contributed by atoms with Gasteiger partial charge in [-0.2, -0.15) is 0 Å².